The fourth-order valence-electron chi connectivity index (χ4n) is 2.96. The number of carbonyl (C=O) groups is 2. The maximum Gasteiger partial charge on any atom is 0.270 e. The Morgan fingerprint density at radius 2 is 1.82 bits per heavy atom. The van der Waals surface area contributed by atoms with Crippen LogP contribution >= 0.6 is 0 Å². The van der Waals surface area contributed by atoms with Crippen LogP contribution in [0.3, 0.4) is 0 Å². The quantitative estimate of drug-likeness (QED) is 0.262. The smallest absolute Gasteiger partial charge is 0.270 e. The van der Waals surface area contributed by atoms with E-state index in [0.29, 0.717) is 35.7 Å². The molecule has 9 heteroatoms. The Morgan fingerprint density at radius 1 is 1.06 bits per heavy atom. The van der Waals surface area contributed by atoms with E-state index in [1.54, 1.807) is 54.6 Å². The zero-order chi connectivity index (χ0) is 23.8. The van der Waals surface area contributed by atoms with Crippen molar-refractivity contribution in [2.45, 2.75) is 0 Å². The second-order valence-electron chi connectivity index (χ2n) is 7.60. The van der Waals surface area contributed by atoms with E-state index in [0.717, 1.165) is 0 Å². The normalized spacial score (nSPS) is 11.3. The molecule has 3 rings (SSSR count). The zero-order valence-corrected chi connectivity index (χ0v) is 18.3. The number of carbonyl (C=O) groups excluding carboxylic acids is 2. The van der Waals surface area contributed by atoms with Crippen molar-refractivity contribution in [2.75, 3.05) is 27.2 Å². The molecule has 0 aliphatic carbocycles. The van der Waals surface area contributed by atoms with Crippen LogP contribution < -0.4 is 15.5 Å². The molecule has 1 heterocycles. The molecule has 0 atom stereocenters. The first-order chi connectivity index (χ1) is 15.8. The van der Waals surface area contributed by atoms with Crippen LogP contribution in [0.4, 0.5) is 5.69 Å². The number of benzene rings is 2. The monoisotopic (exact) mass is 449 g/mol. The number of non-ortho nitro benzene ring substituents is 1. The van der Waals surface area contributed by atoms with Crippen LogP contribution in [0.25, 0.3) is 17.4 Å². The van der Waals surface area contributed by atoms with Crippen LogP contribution in [0.15, 0.2) is 76.8 Å². The standard InChI is InChI=1S/C24H24N4O5/c1-27(2)14-13-25-24(30)21(26-23(29)17-7-4-3-5-8-17)16-20-11-12-22(33-20)18-9-6-10-19(15-18)28(31)32/h3-12,15-16H,13-14H2,1-2H3,(H,25,30)(H,26,29)/p+1/b21-16-. The van der Waals surface area contributed by atoms with Gasteiger partial charge in [-0.3, -0.25) is 19.7 Å². The number of nitrogens with zero attached hydrogens (tertiary/aromatic N) is 1. The van der Waals surface area contributed by atoms with Crippen LogP contribution in [0.1, 0.15) is 16.1 Å². The number of nitrogens with one attached hydrogen (secondary N) is 3. The van der Waals surface area contributed by atoms with Gasteiger partial charge in [0, 0.05) is 29.3 Å². The van der Waals surface area contributed by atoms with Gasteiger partial charge in [-0.2, -0.15) is 0 Å². The van der Waals surface area contributed by atoms with E-state index in [2.05, 4.69) is 10.6 Å². The molecule has 0 saturated carbocycles. The van der Waals surface area contributed by atoms with Crippen molar-refractivity contribution >= 4 is 23.6 Å². The highest BCUT2D eigenvalue weighted by atomic mass is 16.6. The number of hydrogen-bond acceptors (Lipinski definition) is 5. The van der Waals surface area contributed by atoms with Crippen LogP contribution in [0.5, 0.6) is 0 Å². The van der Waals surface area contributed by atoms with Gasteiger partial charge in [-0.05, 0) is 24.3 Å². The predicted octanol–water partition coefficient (Wildman–Crippen LogP) is 1.89. The predicted molar refractivity (Wildman–Crippen MR) is 123 cm³/mol. The summed E-state index contributed by atoms with van der Waals surface area (Å²) in [6, 6.07) is 17.9. The van der Waals surface area contributed by atoms with Crippen LogP contribution in [-0.2, 0) is 4.79 Å². The number of hydrogen-bond donors (Lipinski definition) is 3. The van der Waals surface area contributed by atoms with Gasteiger partial charge in [-0.15, -0.1) is 0 Å². The Labute approximate surface area is 190 Å². The molecule has 1 aromatic heterocycles. The second-order valence-corrected chi connectivity index (χ2v) is 7.60. The molecular formula is C24H25N4O5+. The maximum atomic E-state index is 12.8. The first kappa shape index (κ1) is 23.4. The lowest BCUT2D eigenvalue weighted by Crippen LogP contribution is -3.06. The molecule has 0 aliphatic heterocycles. The third kappa shape index (κ3) is 6.62. The zero-order valence-electron chi connectivity index (χ0n) is 18.3. The largest absolute Gasteiger partial charge is 0.457 e. The van der Waals surface area contributed by atoms with Gasteiger partial charge in [0.15, 0.2) is 0 Å². The average molecular weight is 449 g/mol. The number of likely N-dealkylation sites (N-methyl/N-ethyl adjacent to an activating group) is 1. The number of nitro groups is 1. The molecule has 0 spiro atoms. The van der Waals surface area contributed by atoms with Crippen molar-refractivity contribution in [2.24, 2.45) is 0 Å². The van der Waals surface area contributed by atoms with Crippen LogP contribution in [0.2, 0.25) is 0 Å². The number of amides is 2. The molecule has 0 bridgehead atoms. The average Bonchev–Trinajstić information content (AvgIpc) is 3.27. The lowest BCUT2D eigenvalue weighted by Gasteiger charge is -2.12. The van der Waals surface area contributed by atoms with Crippen molar-refractivity contribution < 1.29 is 23.8 Å². The minimum Gasteiger partial charge on any atom is -0.457 e. The van der Waals surface area contributed by atoms with E-state index < -0.39 is 16.7 Å². The molecule has 2 amide bonds. The first-order valence-electron chi connectivity index (χ1n) is 10.3. The van der Waals surface area contributed by atoms with E-state index in [1.807, 2.05) is 14.1 Å². The number of quaternary nitrogens is 1. The lowest BCUT2D eigenvalue weighted by atomic mass is 10.1. The molecule has 33 heavy (non-hydrogen) atoms. The summed E-state index contributed by atoms with van der Waals surface area (Å²) in [6.45, 7) is 1.14. The first-order valence-corrected chi connectivity index (χ1v) is 10.3. The molecule has 3 aromatic rings. The van der Waals surface area contributed by atoms with Crippen LogP contribution in [-0.4, -0.2) is 43.9 Å². The minimum absolute atomic E-state index is 0.0255. The highest BCUT2D eigenvalue weighted by molar-refractivity contribution is 6.05. The van der Waals surface area contributed by atoms with Gasteiger partial charge in [-0.1, -0.05) is 30.3 Å². The summed E-state index contributed by atoms with van der Waals surface area (Å²) in [5, 5.41) is 16.5. The molecular weight excluding hydrogens is 424 g/mol. The van der Waals surface area contributed by atoms with Gasteiger partial charge in [0.1, 0.15) is 17.2 Å². The maximum absolute atomic E-state index is 12.8. The molecule has 0 saturated heterocycles. The van der Waals surface area contributed by atoms with Crippen molar-refractivity contribution in [1.82, 2.24) is 10.6 Å². The Kier molecular flexibility index (Phi) is 7.72. The number of nitro benzene ring substituents is 1. The van der Waals surface area contributed by atoms with E-state index in [-0.39, 0.29) is 11.4 Å². The second kappa shape index (κ2) is 10.9. The molecule has 0 aliphatic rings. The van der Waals surface area contributed by atoms with Gasteiger partial charge in [0.2, 0.25) is 0 Å². The van der Waals surface area contributed by atoms with E-state index >= 15 is 0 Å². The van der Waals surface area contributed by atoms with E-state index in [4.69, 9.17) is 4.42 Å². The van der Waals surface area contributed by atoms with Crippen molar-refractivity contribution in [1.29, 1.82) is 0 Å². The summed E-state index contributed by atoms with van der Waals surface area (Å²) in [6.07, 6.45) is 1.43. The Bertz CT molecular complexity index is 1170. The van der Waals surface area contributed by atoms with E-state index in [9.17, 15) is 19.7 Å². The summed E-state index contributed by atoms with van der Waals surface area (Å²) in [5.74, 6) is -0.168. The van der Waals surface area contributed by atoms with Gasteiger partial charge >= 0.3 is 0 Å². The fourth-order valence-corrected chi connectivity index (χ4v) is 2.96. The van der Waals surface area contributed by atoms with Gasteiger partial charge in [0.05, 0.1) is 32.1 Å². The highest BCUT2D eigenvalue weighted by Crippen LogP contribution is 2.26. The number of furan rings is 1. The minimum atomic E-state index is -0.482. The number of rotatable bonds is 9. The lowest BCUT2D eigenvalue weighted by molar-refractivity contribution is -0.856. The van der Waals surface area contributed by atoms with Crippen molar-refractivity contribution in [3.63, 3.8) is 0 Å². The molecule has 0 unspecified atom stereocenters. The molecule has 2 aromatic carbocycles. The Morgan fingerprint density at radius 3 is 2.52 bits per heavy atom. The molecule has 3 N–H and O–H groups in total. The van der Waals surface area contributed by atoms with Crippen molar-refractivity contribution in [3.05, 3.63) is 93.9 Å². The molecule has 0 fully saturated rings. The molecule has 0 radical (unpaired) electrons. The van der Waals surface area contributed by atoms with Crippen molar-refractivity contribution in [3.8, 4) is 11.3 Å². The molecule has 170 valence electrons. The highest BCUT2D eigenvalue weighted by Gasteiger charge is 2.16. The Hall–Kier alpha value is -4.24. The third-order valence-electron chi connectivity index (χ3n) is 4.69. The topological polar surface area (TPSA) is 119 Å². The van der Waals surface area contributed by atoms with Gasteiger partial charge < -0.3 is 20.0 Å². The summed E-state index contributed by atoms with van der Waals surface area (Å²) in [7, 11) is 3.94. The van der Waals surface area contributed by atoms with E-state index in [1.165, 1.54) is 23.1 Å². The summed E-state index contributed by atoms with van der Waals surface area (Å²) in [5.41, 5.74) is 0.902. The summed E-state index contributed by atoms with van der Waals surface area (Å²) in [4.78, 5) is 37.1. The molecule has 9 nitrogen and oxygen atoms in total. The SMILES string of the molecule is C[NH+](C)CCNC(=O)/C(=C/c1ccc(-c2cccc([N+](=O)[O-])c2)o1)NC(=O)c1ccccc1. The Balaban J connectivity index is 1.85. The summed E-state index contributed by atoms with van der Waals surface area (Å²) < 4.78 is 5.78. The van der Waals surface area contributed by atoms with Gasteiger partial charge in [-0.25, -0.2) is 0 Å². The third-order valence-corrected chi connectivity index (χ3v) is 4.69. The van der Waals surface area contributed by atoms with Crippen LogP contribution in [0, 0.1) is 10.1 Å². The summed E-state index contributed by atoms with van der Waals surface area (Å²) >= 11 is 0. The fraction of sp³-hybridized carbons (Fsp3) is 0.167. The van der Waals surface area contributed by atoms with Gasteiger partial charge in [0.25, 0.3) is 17.5 Å².